The number of thiophene rings is 1. The first kappa shape index (κ1) is 14.5. The normalized spacial score (nSPS) is 13.8. The van der Waals surface area contributed by atoms with Crippen LogP contribution in [0, 0.1) is 6.92 Å². The lowest BCUT2D eigenvalue weighted by Crippen LogP contribution is -2.43. The predicted octanol–water partition coefficient (Wildman–Crippen LogP) is 1.15. The Kier molecular flexibility index (Phi) is 4.35. The predicted molar refractivity (Wildman–Crippen MR) is 73.2 cm³/mol. The second-order valence-electron chi connectivity index (χ2n) is 4.52. The highest BCUT2D eigenvalue weighted by atomic mass is 32.1. The number of hydrogen-bond acceptors (Lipinski definition) is 6. The van der Waals surface area contributed by atoms with Crippen LogP contribution < -0.4 is 10.6 Å². The number of carbonyl (C=O) groups excluding carboxylic acids is 1. The maximum absolute atomic E-state index is 11.6. The minimum atomic E-state index is -1.09. The van der Waals surface area contributed by atoms with Crippen molar-refractivity contribution < 1.29 is 14.4 Å². The quantitative estimate of drug-likeness (QED) is 0.768. The van der Waals surface area contributed by atoms with E-state index >= 15 is 0 Å². The number of nitrogens with zero attached hydrogens (tertiary/aromatic N) is 2. The molecule has 0 aliphatic carbocycles. The topological polar surface area (TPSA) is 100 Å². The average molecular weight is 296 g/mol. The van der Waals surface area contributed by atoms with Crippen LogP contribution in [0.2, 0.25) is 0 Å². The summed E-state index contributed by atoms with van der Waals surface area (Å²) in [6, 6.07) is 3.28. The monoisotopic (exact) mass is 296 g/mol. The lowest BCUT2D eigenvalue weighted by Gasteiger charge is -2.22. The van der Waals surface area contributed by atoms with Gasteiger partial charge in [-0.3, -0.25) is 0 Å². The molecule has 20 heavy (non-hydrogen) atoms. The summed E-state index contributed by atoms with van der Waals surface area (Å²) in [5.74, 6) is 0.852. The zero-order valence-corrected chi connectivity index (χ0v) is 12.0. The van der Waals surface area contributed by atoms with E-state index in [4.69, 9.17) is 4.52 Å². The van der Waals surface area contributed by atoms with Gasteiger partial charge in [0.05, 0.1) is 13.1 Å². The van der Waals surface area contributed by atoms with Crippen LogP contribution >= 0.6 is 11.3 Å². The Balaban J connectivity index is 1.77. The van der Waals surface area contributed by atoms with Crippen molar-refractivity contribution in [1.82, 2.24) is 20.8 Å². The first-order chi connectivity index (χ1) is 9.47. The van der Waals surface area contributed by atoms with E-state index in [0.29, 0.717) is 11.7 Å². The minimum absolute atomic E-state index is 0.116. The Hall–Kier alpha value is -1.93. The third-order valence-electron chi connectivity index (χ3n) is 2.62. The van der Waals surface area contributed by atoms with E-state index in [9.17, 15) is 9.90 Å². The molecule has 0 spiro atoms. The molecule has 2 rings (SSSR count). The van der Waals surface area contributed by atoms with Crippen LogP contribution in [0.15, 0.2) is 22.0 Å². The summed E-state index contributed by atoms with van der Waals surface area (Å²) < 4.78 is 4.79. The van der Waals surface area contributed by atoms with E-state index in [0.717, 1.165) is 4.88 Å². The molecule has 0 fully saturated rings. The molecular formula is C12H16N4O3S. The number of nitrogens with one attached hydrogen (secondary N) is 2. The first-order valence-electron chi connectivity index (χ1n) is 6.04. The van der Waals surface area contributed by atoms with E-state index < -0.39 is 11.6 Å². The van der Waals surface area contributed by atoms with Crippen LogP contribution in [0.25, 0.3) is 0 Å². The summed E-state index contributed by atoms with van der Waals surface area (Å²) in [5.41, 5.74) is -1.09. The van der Waals surface area contributed by atoms with Gasteiger partial charge in [-0.2, -0.15) is 4.98 Å². The largest absolute Gasteiger partial charge is 0.383 e. The summed E-state index contributed by atoms with van der Waals surface area (Å²) in [6.07, 6.45) is 0. The van der Waals surface area contributed by atoms with Crippen LogP contribution in [0.5, 0.6) is 0 Å². The number of amides is 2. The molecule has 0 aliphatic rings. The molecule has 0 radical (unpaired) electrons. The summed E-state index contributed by atoms with van der Waals surface area (Å²) in [7, 11) is 0. The summed E-state index contributed by atoms with van der Waals surface area (Å²) in [5, 5.41) is 21.0. The van der Waals surface area contributed by atoms with Gasteiger partial charge >= 0.3 is 6.03 Å². The number of hydrogen-bond donors (Lipinski definition) is 3. The first-order valence-corrected chi connectivity index (χ1v) is 6.92. The zero-order valence-electron chi connectivity index (χ0n) is 11.2. The molecule has 3 N–H and O–H groups in total. The van der Waals surface area contributed by atoms with Crippen molar-refractivity contribution in [2.75, 3.05) is 6.54 Å². The molecule has 1 unspecified atom stereocenters. The van der Waals surface area contributed by atoms with Gasteiger partial charge in [0.1, 0.15) is 5.60 Å². The van der Waals surface area contributed by atoms with E-state index in [2.05, 4.69) is 20.8 Å². The van der Waals surface area contributed by atoms with E-state index in [1.165, 1.54) is 11.3 Å². The summed E-state index contributed by atoms with van der Waals surface area (Å²) in [6.45, 7) is 3.62. The van der Waals surface area contributed by atoms with Crippen molar-refractivity contribution >= 4 is 17.4 Å². The van der Waals surface area contributed by atoms with Gasteiger partial charge < -0.3 is 20.3 Å². The van der Waals surface area contributed by atoms with Gasteiger partial charge in [-0.15, -0.1) is 11.3 Å². The fourth-order valence-corrected chi connectivity index (χ4v) is 2.35. The summed E-state index contributed by atoms with van der Waals surface area (Å²) >= 11 is 1.44. The Morgan fingerprint density at radius 2 is 2.35 bits per heavy atom. The maximum Gasteiger partial charge on any atom is 0.315 e. The third kappa shape index (κ3) is 3.78. The zero-order chi connectivity index (χ0) is 14.6. The highest BCUT2D eigenvalue weighted by molar-refractivity contribution is 7.10. The van der Waals surface area contributed by atoms with Gasteiger partial charge in [0.2, 0.25) is 5.89 Å². The number of aromatic nitrogens is 2. The number of aryl methyl sites for hydroxylation is 1. The maximum atomic E-state index is 11.6. The highest BCUT2D eigenvalue weighted by Crippen LogP contribution is 2.24. The smallest absolute Gasteiger partial charge is 0.315 e. The number of rotatable bonds is 5. The third-order valence-corrected chi connectivity index (χ3v) is 3.74. The molecule has 2 aromatic rings. The van der Waals surface area contributed by atoms with Gasteiger partial charge in [0.15, 0.2) is 5.82 Å². The van der Waals surface area contributed by atoms with Crippen LogP contribution in [0.4, 0.5) is 4.79 Å². The standard InChI is InChI=1S/C12H16N4O3S/c1-8-15-10(16-19-8)6-13-11(17)14-7-12(2,18)9-4-3-5-20-9/h3-5,18H,6-7H2,1-2H3,(H2,13,14,17). The van der Waals surface area contributed by atoms with Crippen LogP contribution in [0.3, 0.4) is 0 Å². The van der Waals surface area contributed by atoms with Crippen molar-refractivity contribution in [3.8, 4) is 0 Å². The molecule has 0 saturated carbocycles. The molecule has 0 aliphatic heterocycles. The van der Waals surface area contributed by atoms with Crippen molar-refractivity contribution in [2.45, 2.75) is 26.0 Å². The highest BCUT2D eigenvalue weighted by Gasteiger charge is 2.24. The molecule has 2 heterocycles. The molecule has 0 aromatic carbocycles. The van der Waals surface area contributed by atoms with Crippen molar-refractivity contribution in [3.63, 3.8) is 0 Å². The number of carbonyl (C=O) groups is 1. The molecule has 7 nitrogen and oxygen atoms in total. The molecule has 2 amide bonds. The van der Waals surface area contributed by atoms with Crippen molar-refractivity contribution in [3.05, 3.63) is 34.1 Å². The molecule has 0 saturated heterocycles. The average Bonchev–Trinajstić information content (AvgIpc) is 3.05. The van der Waals surface area contributed by atoms with E-state index in [1.54, 1.807) is 13.8 Å². The molecule has 1 atom stereocenters. The van der Waals surface area contributed by atoms with Crippen LogP contribution in [0.1, 0.15) is 23.5 Å². The van der Waals surface area contributed by atoms with Gasteiger partial charge in [-0.25, -0.2) is 4.79 Å². The lowest BCUT2D eigenvalue weighted by molar-refractivity contribution is 0.0631. The fraction of sp³-hybridized carbons (Fsp3) is 0.417. The van der Waals surface area contributed by atoms with Crippen molar-refractivity contribution in [2.24, 2.45) is 0 Å². The Morgan fingerprint density at radius 3 is 2.95 bits per heavy atom. The molecule has 0 bridgehead atoms. The van der Waals surface area contributed by atoms with E-state index in [-0.39, 0.29) is 13.1 Å². The number of urea groups is 1. The van der Waals surface area contributed by atoms with Gasteiger partial charge in [0.25, 0.3) is 0 Å². The molecule has 108 valence electrons. The van der Waals surface area contributed by atoms with Crippen LogP contribution in [-0.4, -0.2) is 27.8 Å². The Morgan fingerprint density at radius 1 is 1.55 bits per heavy atom. The van der Waals surface area contributed by atoms with Gasteiger partial charge in [0, 0.05) is 11.8 Å². The summed E-state index contributed by atoms with van der Waals surface area (Å²) in [4.78, 5) is 16.4. The SMILES string of the molecule is Cc1nc(CNC(=O)NCC(C)(O)c2cccs2)no1. The molecular weight excluding hydrogens is 280 g/mol. The number of aliphatic hydroxyl groups is 1. The van der Waals surface area contributed by atoms with E-state index in [1.807, 2.05) is 17.5 Å². The van der Waals surface area contributed by atoms with Crippen LogP contribution in [-0.2, 0) is 12.1 Å². The fourth-order valence-electron chi connectivity index (χ4n) is 1.56. The molecule has 2 aromatic heterocycles. The lowest BCUT2D eigenvalue weighted by atomic mass is 10.1. The Bertz CT molecular complexity index is 565. The second kappa shape index (κ2) is 6.02. The second-order valence-corrected chi connectivity index (χ2v) is 5.46. The van der Waals surface area contributed by atoms with Gasteiger partial charge in [-0.05, 0) is 18.4 Å². The van der Waals surface area contributed by atoms with Gasteiger partial charge in [-0.1, -0.05) is 11.2 Å². The Labute approximate surface area is 120 Å². The minimum Gasteiger partial charge on any atom is -0.383 e. The molecule has 8 heteroatoms. The van der Waals surface area contributed by atoms with Crippen molar-refractivity contribution in [1.29, 1.82) is 0 Å².